The van der Waals surface area contributed by atoms with Gasteiger partial charge in [-0.1, -0.05) is 34.1 Å². The van der Waals surface area contributed by atoms with Gasteiger partial charge in [0.2, 0.25) is 10.0 Å². The van der Waals surface area contributed by atoms with Crippen molar-refractivity contribution in [3.05, 3.63) is 34.3 Å². The minimum atomic E-state index is -3.66. The molecule has 20 heavy (non-hydrogen) atoms. The number of halogens is 1. The highest BCUT2D eigenvalue weighted by atomic mass is 79.9. The first-order valence-corrected chi connectivity index (χ1v) is 8.25. The van der Waals surface area contributed by atoms with Gasteiger partial charge in [0.25, 0.3) is 0 Å². The highest BCUT2D eigenvalue weighted by Gasteiger charge is 2.31. The van der Waals surface area contributed by atoms with Crippen LogP contribution in [-0.4, -0.2) is 42.5 Å². The number of aliphatic hydroxyl groups is 1. The van der Waals surface area contributed by atoms with Crippen LogP contribution in [0.15, 0.2) is 28.7 Å². The average molecular weight is 366 g/mol. The van der Waals surface area contributed by atoms with Gasteiger partial charge in [0.1, 0.15) is 0 Å². The molecule has 0 aliphatic rings. The maximum absolute atomic E-state index is 11.8. The van der Waals surface area contributed by atoms with E-state index in [1.807, 2.05) is 12.1 Å². The van der Waals surface area contributed by atoms with Crippen LogP contribution < -0.4 is 4.72 Å². The smallest absolute Gasteiger partial charge is 0.336 e. The van der Waals surface area contributed by atoms with Crippen LogP contribution in [0.2, 0.25) is 0 Å². The Bertz CT molecular complexity index is 585. The molecule has 0 saturated carbocycles. The molecule has 3 N–H and O–H groups in total. The lowest BCUT2D eigenvalue weighted by molar-refractivity contribution is -0.155. The number of carbonyl (C=O) groups is 1. The molecule has 0 aliphatic heterocycles. The van der Waals surface area contributed by atoms with E-state index in [-0.39, 0.29) is 12.2 Å². The predicted molar refractivity (Wildman–Crippen MR) is 77.9 cm³/mol. The Morgan fingerprint density at radius 3 is 2.55 bits per heavy atom. The zero-order chi connectivity index (χ0) is 15.4. The van der Waals surface area contributed by atoms with Crippen LogP contribution in [0.5, 0.6) is 0 Å². The van der Waals surface area contributed by atoms with E-state index in [1.165, 1.54) is 0 Å². The van der Waals surface area contributed by atoms with Crippen molar-refractivity contribution in [2.75, 3.05) is 12.3 Å². The third-order valence-electron chi connectivity index (χ3n) is 2.70. The summed E-state index contributed by atoms with van der Waals surface area (Å²) in [5.74, 6) is -1.67. The summed E-state index contributed by atoms with van der Waals surface area (Å²) in [5, 5.41) is 18.1. The molecule has 6 nitrogen and oxygen atoms in total. The van der Waals surface area contributed by atoms with Crippen molar-refractivity contribution >= 4 is 31.9 Å². The number of rotatable bonds is 7. The van der Waals surface area contributed by atoms with Crippen LogP contribution >= 0.6 is 15.9 Å². The number of hydrogen-bond acceptors (Lipinski definition) is 4. The molecule has 0 saturated heterocycles. The van der Waals surface area contributed by atoms with Crippen molar-refractivity contribution in [3.63, 3.8) is 0 Å². The zero-order valence-corrected chi connectivity index (χ0v) is 13.2. The van der Waals surface area contributed by atoms with E-state index < -0.39 is 28.1 Å². The zero-order valence-electron chi connectivity index (χ0n) is 10.8. The number of aliphatic carboxylic acids is 1. The average Bonchev–Trinajstić information content (AvgIpc) is 2.36. The molecular weight excluding hydrogens is 350 g/mol. The second kappa shape index (κ2) is 6.66. The Hall–Kier alpha value is -0.960. The van der Waals surface area contributed by atoms with Gasteiger partial charge in [0, 0.05) is 11.0 Å². The second-order valence-corrected chi connectivity index (χ2v) is 7.34. The molecular formula is C12H16BrNO5S. The van der Waals surface area contributed by atoms with Crippen LogP contribution in [0.4, 0.5) is 0 Å². The van der Waals surface area contributed by atoms with E-state index in [2.05, 4.69) is 20.7 Å². The minimum Gasteiger partial charge on any atom is -0.479 e. The molecule has 0 aromatic heterocycles. The predicted octanol–water partition coefficient (Wildman–Crippen LogP) is 0.747. The molecule has 0 aliphatic carbocycles. The Morgan fingerprint density at radius 1 is 1.40 bits per heavy atom. The molecule has 1 aromatic carbocycles. The van der Waals surface area contributed by atoms with Crippen molar-refractivity contribution in [1.82, 2.24) is 4.72 Å². The normalized spacial score (nSPS) is 14.8. The van der Waals surface area contributed by atoms with Gasteiger partial charge in [-0.15, -0.1) is 0 Å². The molecule has 0 spiro atoms. The summed E-state index contributed by atoms with van der Waals surface area (Å²) >= 11 is 3.32. The summed E-state index contributed by atoms with van der Waals surface area (Å²) in [6.45, 7) is 0.465. The third kappa shape index (κ3) is 5.20. The first-order valence-electron chi connectivity index (χ1n) is 5.80. The summed E-state index contributed by atoms with van der Waals surface area (Å²) in [6.07, 6.45) is 0.284. The van der Waals surface area contributed by atoms with Gasteiger partial charge in [-0.25, -0.2) is 17.9 Å². The second-order valence-electron chi connectivity index (χ2n) is 4.56. The SMILES string of the molecule is CC(O)(CNS(=O)(=O)CCc1ccccc1Br)C(=O)O. The van der Waals surface area contributed by atoms with Crippen LogP contribution in [0.1, 0.15) is 12.5 Å². The fraction of sp³-hybridized carbons (Fsp3) is 0.417. The van der Waals surface area contributed by atoms with Crippen LogP contribution in [0, 0.1) is 0 Å². The first-order chi connectivity index (χ1) is 9.14. The fourth-order valence-electron chi connectivity index (χ4n) is 1.34. The minimum absolute atomic E-state index is 0.189. The van der Waals surface area contributed by atoms with Crippen LogP contribution in [0.3, 0.4) is 0 Å². The summed E-state index contributed by atoms with van der Waals surface area (Å²) < 4.78 is 26.4. The van der Waals surface area contributed by atoms with Crippen molar-refractivity contribution in [3.8, 4) is 0 Å². The Kier molecular flexibility index (Phi) is 5.69. The van der Waals surface area contributed by atoms with Gasteiger partial charge in [-0.2, -0.15) is 0 Å². The number of sulfonamides is 1. The van der Waals surface area contributed by atoms with E-state index in [1.54, 1.807) is 12.1 Å². The van der Waals surface area contributed by atoms with Gasteiger partial charge in [-0.3, -0.25) is 0 Å². The van der Waals surface area contributed by atoms with E-state index in [9.17, 15) is 18.3 Å². The Morgan fingerprint density at radius 2 is 2.00 bits per heavy atom. The van der Waals surface area contributed by atoms with Crippen molar-refractivity contribution in [2.45, 2.75) is 18.9 Å². The molecule has 112 valence electrons. The summed E-state index contributed by atoms with van der Waals surface area (Å²) in [6, 6.07) is 7.23. The highest BCUT2D eigenvalue weighted by molar-refractivity contribution is 9.10. The molecule has 0 fully saturated rings. The van der Waals surface area contributed by atoms with Crippen molar-refractivity contribution < 1.29 is 23.4 Å². The Balaban J connectivity index is 2.59. The number of nitrogens with one attached hydrogen (secondary N) is 1. The van der Waals surface area contributed by atoms with E-state index in [0.29, 0.717) is 0 Å². The lowest BCUT2D eigenvalue weighted by atomic mass is 10.1. The quantitative estimate of drug-likeness (QED) is 0.661. The molecule has 0 heterocycles. The van der Waals surface area contributed by atoms with Crippen LogP contribution in [0.25, 0.3) is 0 Å². The number of hydrogen-bond donors (Lipinski definition) is 3. The largest absolute Gasteiger partial charge is 0.479 e. The van der Waals surface area contributed by atoms with Gasteiger partial charge < -0.3 is 10.2 Å². The lowest BCUT2D eigenvalue weighted by Crippen LogP contribution is -2.47. The van der Waals surface area contributed by atoms with Gasteiger partial charge in [0.15, 0.2) is 5.60 Å². The molecule has 1 atom stereocenters. The maximum Gasteiger partial charge on any atom is 0.336 e. The maximum atomic E-state index is 11.8. The van der Waals surface area contributed by atoms with Gasteiger partial charge >= 0.3 is 5.97 Å². The molecule has 0 bridgehead atoms. The third-order valence-corrected chi connectivity index (χ3v) is 4.79. The molecule has 1 unspecified atom stereocenters. The molecule has 0 radical (unpaired) electrons. The summed E-state index contributed by atoms with van der Waals surface area (Å²) in [5.41, 5.74) is -1.29. The number of benzene rings is 1. The topological polar surface area (TPSA) is 104 Å². The summed E-state index contributed by atoms with van der Waals surface area (Å²) in [4.78, 5) is 10.7. The van der Waals surface area contributed by atoms with Gasteiger partial charge in [-0.05, 0) is 25.0 Å². The Labute approximate surface area is 126 Å². The van der Waals surface area contributed by atoms with Crippen LogP contribution in [-0.2, 0) is 21.2 Å². The highest BCUT2D eigenvalue weighted by Crippen LogP contribution is 2.16. The molecule has 1 rings (SSSR count). The summed E-state index contributed by atoms with van der Waals surface area (Å²) in [7, 11) is -3.66. The van der Waals surface area contributed by atoms with E-state index >= 15 is 0 Å². The molecule has 0 amide bonds. The van der Waals surface area contributed by atoms with E-state index in [4.69, 9.17) is 5.11 Å². The standard InChI is InChI=1S/C12H16BrNO5S/c1-12(17,11(15)16)8-14-20(18,19)7-6-9-4-2-3-5-10(9)13/h2-5,14,17H,6-8H2,1H3,(H,15,16). The monoisotopic (exact) mass is 365 g/mol. The number of carboxylic acid groups (broad SMARTS) is 1. The van der Waals surface area contributed by atoms with Crippen molar-refractivity contribution in [1.29, 1.82) is 0 Å². The lowest BCUT2D eigenvalue weighted by Gasteiger charge is -2.18. The molecule has 1 aromatic rings. The first kappa shape index (κ1) is 17.1. The van der Waals surface area contributed by atoms with E-state index in [0.717, 1.165) is 17.0 Å². The number of aryl methyl sites for hydroxylation is 1. The fourth-order valence-corrected chi connectivity index (χ4v) is 2.96. The number of carboxylic acids is 1. The molecule has 8 heteroatoms. The van der Waals surface area contributed by atoms with Gasteiger partial charge in [0.05, 0.1) is 5.75 Å². The van der Waals surface area contributed by atoms with Crippen molar-refractivity contribution in [2.24, 2.45) is 0 Å².